The minimum absolute atomic E-state index is 0.170. The van der Waals surface area contributed by atoms with Crippen LogP contribution in [0, 0.1) is 0 Å². The van der Waals surface area contributed by atoms with Crippen molar-refractivity contribution in [3.8, 4) is 11.8 Å². The molecule has 0 N–H and O–H groups in total. The Morgan fingerprint density at radius 2 is 1.96 bits per heavy atom. The summed E-state index contributed by atoms with van der Waals surface area (Å²) in [5, 5.41) is 0. The second kappa shape index (κ2) is 7.81. The zero-order valence-electron chi connectivity index (χ0n) is 14.6. The molecule has 1 saturated heterocycles. The minimum Gasteiger partial charge on any atom is -0.497 e. The van der Waals surface area contributed by atoms with Gasteiger partial charge in [0.05, 0.1) is 13.7 Å². The van der Waals surface area contributed by atoms with E-state index in [1.54, 1.807) is 36.3 Å². The van der Waals surface area contributed by atoms with Crippen LogP contribution in [-0.4, -0.2) is 47.1 Å². The number of carbonyl (C=O) groups is 1. The van der Waals surface area contributed by atoms with E-state index in [-0.39, 0.29) is 18.5 Å². The number of rotatable bonds is 4. The minimum atomic E-state index is -4.57. The molecule has 6 nitrogen and oxygen atoms in total. The van der Waals surface area contributed by atoms with Crippen LogP contribution >= 0.6 is 0 Å². The molecule has 1 aromatic heterocycles. The maximum Gasteiger partial charge on any atom is 0.433 e. The van der Waals surface area contributed by atoms with Gasteiger partial charge in [-0.15, -0.1) is 0 Å². The van der Waals surface area contributed by atoms with Crippen molar-refractivity contribution in [2.75, 3.05) is 20.2 Å². The van der Waals surface area contributed by atoms with Crippen molar-refractivity contribution in [2.45, 2.75) is 25.1 Å². The van der Waals surface area contributed by atoms with Crippen LogP contribution in [0.15, 0.2) is 36.5 Å². The molecule has 27 heavy (non-hydrogen) atoms. The zero-order valence-corrected chi connectivity index (χ0v) is 14.6. The summed E-state index contributed by atoms with van der Waals surface area (Å²) < 4.78 is 48.8. The SMILES string of the molecule is COc1ccc(C(=O)N2CCCC(Oc3nccc(C(F)(F)F)n3)C2)cc1. The summed E-state index contributed by atoms with van der Waals surface area (Å²) in [6, 6.07) is 7.17. The van der Waals surface area contributed by atoms with Crippen LogP contribution < -0.4 is 9.47 Å². The number of hydrogen-bond acceptors (Lipinski definition) is 5. The molecule has 0 radical (unpaired) electrons. The molecule has 3 rings (SSSR count). The third kappa shape index (κ3) is 4.66. The monoisotopic (exact) mass is 381 g/mol. The first-order valence-corrected chi connectivity index (χ1v) is 8.37. The van der Waals surface area contributed by atoms with E-state index in [0.29, 0.717) is 30.7 Å². The lowest BCUT2D eigenvalue weighted by Gasteiger charge is -2.32. The highest BCUT2D eigenvalue weighted by molar-refractivity contribution is 5.94. The van der Waals surface area contributed by atoms with Gasteiger partial charge in [-0.3, -0.25) is 4.79 Å². The van der Waals surface area contributed by atoms with Gasteiger partial charge in [-0.05, 0) is 43.2 Å². The highest BCUT2D eigenvalue weighted by Crippen LogP contribution is 2.28. The van der Waals surface area contributed by atoms with E-state index in [2.05, 4.69) is 9.97 Å². The van der Waals surface area contributed by atoms with E-state index in [9.17, 15) is 18.0 Å². The summed E-state index contributed by atoms with van der Waals surface area (Å²) >= 11 is 0. The number of likely N-dealkylation sites (tertiary alicyclic amines) is 1. The molecule has 1 aromatic carbocycles. The number of benzene rings is 1. The quantitative estimate of drug-likeness (QED) is 0.814. The molecule has 2 heterocycles. The van der Waals surface area contributed by atoms with E-state index >= 15 is 0 Å². The molecule has 0 saturated carbocycles. The van der Waals surface area contributed by atoms with Gasteiger partial charge in [0, 0.05) is 18.3 Å². The normalized spacial score (nSPS) is 17.5. The largest absolute Gasteiger partial charge is 0.497 e. The van der Waals surface area contributed by atoms with Gasteiger partial charge >= 0.3 is 12.2 Å². The van der Waals surface area contributed by atoms with Crippen LogP contribution in [-0.2, 0) is 6.18 Å². The van der Waals surface area contributed by atoms with Crippen molar-refractivity contribution < 1.29 is 27.4 Å². The van der Waals surface area contributed by atoms with Crippen molar-refractivity contribution in [3.63, 3.8) is 0 Å². The lowest BCUT2D eigenvalue weighted by Crippen LogP contribution is -2.44. The van der Waals surface area contributed by atoms with Crippen molar-refractivity contribution in [2.24, 2.45) is 0 Å². The summed E-state index contributed by atoms with van der Waals surface area (Å²) in [7, 11) is 1.54. The summed E-state index contributed by atoms with van der Waals surface area (Å²) in [6.07, 6.45) is -2.75. The Hall–Kier alpha value is -2.84. The smallest absolute Gasteiger partial charge is 0.433 e. The maximum absolute atomic E-state index is 12.7. The second-order valence-electron chi connectivity index (χ2n) is 6.08. The predicted molar refractivity (Wildman–Crippen MR) is 89.6 cm³/mol. The molecule has 1 fully saturated rings. The van der Waals surface area contributed by atoms with Crippen LogP contribution in [0.4, 0.5) is 13.2 Å². The highest BCUT2D eigenvalue weighted by Gasteiger charge is 2.33. The first kappa shape index (κ1) is 18.9. The Labute approximate surface area is 153 Å². The van der Waals surface area contributed by atoms with Gasteiger partial charge in [0.25, 0.3) is 5.91 Å². The number of carbonyl (C=O) groups excluding carboxylic acids is 1. The Morgan fingerprint density at radius 1 is 1.22 bits per heavy atom. The van der Waals surface area contributed by atoms with E-state index in [4.69, 9.17) is 9.47 Å². The molecule has 0 aliphatic carbocycles. The summed E-state index contributed by atoms with van der Waals surface area (Å²) in [4.78, 5) is 21.4. The predicted octanol–water partition coefficient (Wildman–Crippen LogP) is 3.19. The molecule has 0 bridgehead atoms. The fraction of sp³-hybridized carbons (Fsp3) is 0.389. The summed E-state index contributed by atoms with van der Waals surface area (Å²) in [6.45, 7) is 0.804. The number of aromatic nitrogens is 2. The fourth-order valence-corrected chi connectivity index (χ4v) is 2.84. The molecule has 1 atom stereocenters. The maximum atomic E-state index is 12.7. The molecule has 0 spiro atoms. The number of halogens is 3. The number of amides is 1. The van der Waals surface area contributed by atoms with Crippen molar-refractivity contribution in [1.29, 1.82) is 0 Å². The van der Waals surface area contributed by atoms with E-state index in [0.717, 1.165) is 12.3 Å². The number of methoxy groups -OCH3 is 1. The third-order valence-corrected chi connectivity index (χ3v) is 4.20. The first-order chi connectivity index (χ1) is 12.9. The van der Waals surface area contributed by atoms with Crippen LogP contribution in [0.25, 0.3) is 0 Å². The Morgan fingerprint density at radius 3 is 2.63 bits per heavy atom. The molecule has 9 heteroatoms. The summed E-state index contributed by atoms with van der Waals surface area (Å²) in [5.41, 5.74) is -0.554. The van der Waals surface area contributed by atoms with Crippen molar-refractivity contribution >= 4 is 5.91 Å². The number of hydrogen-bond donors (Lipinski definition) is 0. The van der Waals surface area contributed by atoms with Gasteiger partial charge in [-0.1, -0.05) is 0 Å². The second-order valence-corrected chi connectivity index (χ2v) is 6.08. The Bertz CT molecular complexity index is 796. The van der Waals surface area contributed by atoms with E-state index in [1.165, 1.54) is 0 Å². The average Bonchev–Trinajstić information content (AvgIpc) is 2.67. The molecule has 2 aromatic rings. The molecule has 1 aliphatic heterocycles. The Balaban J connectivity index is 1.66. The van der Waals surface area contributed by atoms with Gasteiger partial charge < -0.3 is 14.4 Å². The van der Waals surface area contributed by atoms with Gasteiger partial charge in [0.1, 0.15) is 11.9 Å². The van der Waals surface area contributed by atoms with Crippen molar-refractivity contribution in [1.82, 2.24) is 14.9 Å². The summed E-state index contributed by atoms with van der Waals surface area (Å²) in [5.74, 6) is 0.476. The van der Waals surface area contributed by atoms with Gasteiger partial charge in [-0.2, -0.15) is 18.2 Å². The van der Waals surface area contributed by atoms with E-state index in [1.807, 2.05) is 0 Å². The molecule has 1 aliphatic rings. The zero-order chi connectivity index (χ0) is 19.4. The number of alkyl halides is 3. The van der Waals surface area contributed by atoms with Gasteiger partial charge in [-0.25, -0.2) is 4.98 Å². The number of nitrogens with zero attached hydrogens (tertiary/aromatic N) is 3. The van der Waals surface area contributed by atoms with Crippen LogP contribution in [0.2, 0.25) is 0 Å². The van der Waals surface area contributed by atoms with Gasteiger partial charge in [0.2, 0.25) is 0 Å². The topological polar surface area (TPSA) is 64.5 Å². The number of ether oxygens (including phenoxy) is 2. The third-order valence-electron chi connectivity index (χ3n) is 4.20. The lowest BCUT2D eigenvalue weighted by molar-refractivity contribution is -0.141. The highest BCUT2D eigenvalue weighted by atomic mass is 19.4. The van der Waals surface area contributed by atoms with Crippen molar-refractivity contribution in [3.05, 3.63) is 47.8 Å². The van der Waals surface area contributed by atoms with E-state index < -0.39 is 18.0 Å². The fourth-order valence-electron chi connectivity index (χ4n) is 2.84. The number of piperidine rings is 1. The Kier molecular flexibility index (Phi) is 5.48. The first-order valence-electron chi connectivity index (χ1n) is 8.37. The standard InChI is InChI=1S/C18H18F3N3O3/c1-26-13-6-4-12(5-7-13)16(25)24-10-2-3-14(11-24)27-17-22-9-8-15(23-17)18(19,20)21/h4-9,14H,2-3,10-11H2,1H3. The average molecular weight is 381 g/mol. The molecule has 1 amide bonds. The molecular weight excluding hydrogens is 363 g/mol. The van der Waals surface area contributed by atoms with Crippen LogP contribution in [0.1, 0.15) is 28.9 Å². The molecular formula is C18H18F3N3O3. The molecule has 1 unspecified atom stereocenters. The molecule has 144 valence electrons. The van der Waals surface area contributed by atoms with Crippen LogP contribution in [0.5, 0.6) is 11.8 Å². The lowest BCUT2D eigenvalue weighted by atomic mass is 10.1. The van der Waals surface area contributed by atoms with Crippen LogP contribution in [0.3, 0.4) is 0 Å². The van der Waals surface area contributed by atoms with Gasteiger partial charge in [0.15, 0.2) is 5.69 Å².